The molecule has 1 aromatic rings. The topological polar surface area (TPSA) is 41.6 Å². The number of nitrogens with one attached hydrogen (secondary N) is 1. The number of carbonyl (C=O) groups excluding carboxylic acids is 1. The van der Waals surface area contributed by atoms with Gasteiger partial charge in [0.25, 0.3) is 0 Å². The Morgan fingerprint density at radius 3 is 2.71 bits per heavy atom. The Morgan fingerprint density at radius 2 is 2.00 bits per heavy atom. The van der Waals surface area contributed by atoms with Gasteiger partial charge in [-0.2, -0.15) is 0 Å². The van der Waals surface area contributed by atoms with E-state index in [2.05, 4.69) is 24.4 Å². The van der Waals surface area contributed by atoms with Crippen molar-refractivity contribution in [3.8, 4) is 0 Å². The summed E-state index contributed by atoms with van der Waals surface area (Å²) in [5.74, 6) is 0.246. The summed E-state index contributed by atoms with van der Waals surface area (Å²) in [5.41, 5.74) is 1.29. The molecular weight excluding hydrogens is 264 g/mol. The van der Waals surface area contributed by atoms with E-state index in [0.29, 0.717) is 0 Å². The van der Waals surface area contributed by atoms with E-state index >= 15 is 0 Å². The Labute approximate surface area is 127 Å². The number of rotatable bonds is 8. The molecule has 0 aromatic heterocycles. The molecule has 1 aromatic carbocycles. The third kappa shape index (κ3) is 4.55. The number of hydrogen-bond acceptors (Lipinski definition) is 3. The van der Waals surface area contributed by atoms with Gasteiger partial charge in [-0.25, -0.2) is 0 Å². The standard InChI is InChI=1S/C17H26N2O2/c1-14-18-16(11-10-15-8-4-3-5-9-15)17(20)19(14)12-6-7-13-21-2/h3-5,8-9,14,16,18H,6-7,10-13H2,1-2H3. The van der Waals surface area contributed by atoms with Gasteiger partial charge in [-0.1, -0.05) is 30.3 Å². The minimum Gasteiger partial charge on any atom is -0.385 e. The van der Waals surface area contributed by atoms with Gasteiger partial charge in [0, 0.05) is 20.3 Å². The van der Waals surface area contributed by atoms with E-state index in [1.54, 1.807) is 7.11 Å². The van der Waals surface area contributed by atoms with Gasteiger partial charge in [-0.15, -0.1) is 0 Å². The predicted molar refractivity (Wildman–Crippen MR) is 84.0 cm³/mol. The summed E-state index contributed by atoms with van der Waals surface area (Å²) in [6.07, 6.45) is 3.94. The van der Waals surface area contributed by atoms with Crippen LogP contribution < -0.4 is 5.32 Å². The van der Waals surface area contributed by atoms with Crippen LogP contribution in [0.15, 0.2) is 30.3 Å². The van der Waals surface area contributed by atoms with Gasteiger partial charge in [0.15, 0.2) is 0 Å². The lowest BCUT2D eigenvalue weighted by Crippen LogP contribution is -2.35. The Hall–Kier alpha value is -1.39. The molecule has 0 bridgehead atoms. The van der Waals surface area contributed by atoms with Crippen LogP contribution >= 0.6 is 0 Å². The largest absolute Gasteiger partial charge is 0.385 e. The molecule has 1 N–H and O–H groups in total. The summed E-state index contributed by atoms with van der Waals surface area (Å²) in [6, 6.07) is 10.3. The first kappa shape index (κ1) is 16.0. The molecule has 1 fully saturated rings. The fraction of sp³-hybridized carbons (Fsp3) is 0.588. The predicted octanol–water partition coefficient (Wildman–Crippen LogP) is 2.19. The van der Waals surface area contributed by atoms with E-state index in [1.165, 1.54) is 5.56 Å². The molecule has 21 heavy (non-hydrogen) atoms. The van der Waals surface area contributed by atoms with Gasteiger partial charge in [0.1, 0.15) is 0 Å². The highest BCUT2D eigenvalue weighted by atomic mass is 16.5. The summed E-state index contributed by atoms with van der Waals surface area (Å²) in [4.78, 5) is 14.4. The Bertz CT molecular complexity index is 436. The van der Waals surface area contributed by atoms with Gasteiger partial charge in [-0.05, 0) is 38.2 Å². The molecule has 4 heteroatoms. The van der Waals surface area contributed by atoms with Gasteiger partial charge in [0.05, 0.1) is 12.2 Å². The second-order valence-corrected chi connectivity index (χ2v) is 5.65. The van der Waals surface area contributed by atoms with Gasteiger partial charge < -0.3 is 9.64 Å². The van der Waals surface area contributed by atoms with Crippen LogP contribution in [-0.2, 0) is 16.0 Å². The molecule has 1 aliphatic heterocycles. The molecule has 0 radical (unpaired) electrons. The van der Waals surface area contributed by atoms with Crippen molar-refractivity contribution in [2.45, 2.75) is 44.8 Å². The number of nitrogens with zero attached hydrogens (tertiary/aromatic N) is 1. The molecule has 1 saturated heterocycles. The lowest BCUT2D eigenvalue weighted by Gasteiger charge is -2.20. The Morgan fingerprint density at radius 1 is 1.24 bits per heavy atom. The molecule has 1 amide bonds. The van der Waals surface area contributed by atoms with Crippen molar-refractivity contribution in [3.63, 3.8) is 0 Å². The second kappa shape index (κ2) is 8.15. The monoisotopic (exact) mass is 290 g/mol. The van der Waals surface area contributed by atoms with Crippen molar-refractivity contribution in [3.05, 3.63) is 35.9 Å². The molecule has 2 rings (SSSR count). The number of methoxy groups -OCH3 is 1. The first-order chi connectivity index (χ1) is 10.2. The fourth-order valence-electron chi connectivity index (χ4n) is 2.84. The fourth-order valence-corrected chi connectivity index (χ4v) is 2.84. The highest BCUT2D eigenvalue weighted by molar-refractivity contribution is 5.84. The zero-order valence-electron chi connectivity index (χ0n) is 13.0. The average Bonchev–Trinajstić information content (AvgIpc) is 2.77. The molecule has 0 aliphatic carbocycles. The zero-order valence-corrected chi connectivity index (χ0v) is 13.0. The number of unbranched alkanes of at least 4 members (excludes halogenated alkanes) is 1. The third-order valence-corrected chi connectivity index (χ3v) is 4.05. The van der Waals surface area contributed by atoms with Crippen molar-refractivity contribution in [2.24, 2.45) is 0 Å². The summed E-state index contributed by atoms with van der Waals surface area (Å²) in [7, 11) is 1.71. The molecule has 4 nitrogen and oxygen atoms in total. The first-order valence-corrected chi connectivity index (χ1v) is 7.81. The Balaban J connectivity index is 1.79. The lowest BCUT2D eigenvalue weighted by atomic mass is 10.1. The average molecular weight is 290 g/mol. The van der Waals surface area contributed by atoms with Crippen LogP contribution in [0.2, 0.25) is 0 Å². The maximum atomic E-state index is 12.4. The van der Waals surface area contributed by atoms with Crippen LogP contribution in [0.3, 0.4) is 0 Å². The molecule has 1 heterocycles. The minimum atomic E-state index is -0.0392. The molecular formula is C17H26N2O2. The first-order valence-electron chi connectivity index (χ1n) is 7.81. The van der Waals surface area contributed by atoms with Crippen LogP contribution in [0.5, 0.6) is 0 Å². The van der Waals surface area contributed by atoms with Crippen LogP contribution in [0.1, 0.15) is 31.7 Å². The third-order valence-electron chi connectivity index (χ3n) is 4.05. The molecule has 1 aliphatic rings. The number of carbonyl (C=O) groups is 1. The molecule has 2 unspecified atom stereocenters. The number of amides is 1. The van der Waals surface area contributed by atoms with E-state index in [9.17, 15) is 4.79 Å². The zero-order chi connectivity index (χ0) is 15.1. The van der Waals surface area contributed by atoms with Crippen LogP contribution in [-0.4, -0.2) is 43.3 Å². The highest BCUT2D eigenvalue weighted by Crippen LogP contribution is 2.16. The minimum absolute atomic E-state index is 0.0392. The number of ether oxygens (including phenoxy) is 1. The van der Waals surface area contributed by atoms with Crippen molar-refractivity contribution < 1.29 is 9.53 Å². The maximum absolute atomic E-state index is 12.4. The summed E-state index contributed by atoms with van der Waals surface area (Å²) < 4.78 is 5.05. The van der Waals surface area contributed by atoms with Crippen molar-refractivity contribution >= 4 is 5.91 Å². The van der Waals surface area contributed by atoms with Crippen molar-refractivity contribution in [1.82, 2.24) is 10.2 Å². The number of benzene rings is 1. The summed E-state index contributed by atoms with van der Waals surface area (Å²) in [5, 5.41) is 3.41. The van der Waals surface area contributed by atoms with E-state index in [-0.39, 0.29) is 18.1 Å². The lowest BCUT2D eigenvalue weighted by molar-refractivity contribution is -0.130. The Kier molecular flexibility index (Phi) is 6.21. The second-order valence-electron chi connectivity index (χ2n) is 5.65. The smallest absolute Gasteiger partial charge is 0.241 e. The van der Waals surface area contributed by atoms with Gasteiger partial charge >= 0.3 is 0 Å². The van der Waals surface area contributed by atoms with E-state index in [0.717, 1.165) is 38.8 Å². The molecule has 0 spiro atoms. The number of hydrogen-bond donors (Lipinski definition) is 1. The number of aryl methyl sites for hydroxylation is 1. The molecule has 0 saturated carbocycles. The van der Waals surface area contributed by atoms with E-state index < -0.39 is 0 Å². The maximum Gasteiger partial charge on any atom is 0.241 e. The molecule has 116 valence electrons. The van der Waals surface area contributed by atoms with E-state index in [1.807, 2.05) is 23.1 Å². The molecule has 2 atom stereocenters. The van der Waals surface area contributed by atoms with Gasteiger partial charge in [0.2, 0.25) is 5.91 Å². The van der Waals surface area contributed by atoms with Gasteiger partial charge in [-0.3, -0.25) is 10.1 Å². The SMILES string of the molecule is COCCCCN1C(=O)C(CCc2ccccc2)NC1C. The normalized spacial score (nSPS) is 22.0. The van der Waals surface area contributed by atoms with Crippen molar-refractivity contribution in [2.75, 3.05) is 20.3 Å². The van der Waals surface area contributed by atoms with E-state index in [4.69, 9.17) is 4.74 Å². The summed E-state index contributed by atoms with van der Waals surface area (Å²) >= 11 is 0. The van der Waals surface area contributed by atoms with Crippen LogP contribution in [0.25, 0.3) is 0 Å². The summed E-state index contributed by atoms with van der Waals surface area (Å²) in [6.45, 7) is 3.65. The quantitative estimate of drug-likeness (QED) is 0.746. The van der Waals surface area contributed by atoms with Crippen LogP contribution in [0.4, 0.5) is 0 Å². The van der Waals surface area contributed by atoms with Crippen LogP contribution in [0, 0.1) is 0 Å². The van der Waals surface area contributed by atoms with Crippen molar-refractivity contribution in [1.29, 1.82) is 0 Å². The highest BCUT2D eigenvalue weighted by Gasteiger charge is 2.35.